The Morgan fingerprint density at radius 3 is 2.81 bits per heavy atom. The number of anilines is 1. The van der Waals surface area contributed by atoms with E-state index in [2.05, 4.69) is 19.9 Å². The molecule has 2 rings (SSSR count). The Morgan fingerprint density at radius 1 is 1.43 bits per heavy atom. The van der Waals surface area contributed by atoms with Crippen molar-refractivity contribution >= 4 is 11.6 Å². The van der Waals surface area contributed by atoms with Crippen LogP contribution in [0.15, 0.2) is 18.2 Å². The second-order valence-corrected chi connectivity index (χ2v) is 6.12. The van der Waals surface area contributed by atoms with Gasteiger partial charge in [-0.3, -0.25) is 4.79 Å². The second kappa shape index (κ2) is 6.94. The van der Waals surface area contributed by atoms with Crippen molar-refractivity contribution in [3.8, 4) is 5.75 Å². The Bertz CT molecular complexity index is 485. The van der Waals surface area contributed by atoms with Gasteiger partial charge >= 0.3 is 0 Å². The summed E-state index contributed by atoms with van der Waals surface area (Å²) in [5, 5.41) is 0. The standard InChI is InChI=1S/C17H26N2O2/c1-12(2)10-14(11-18)17(20)19-9-5-7-13-6-4-8-15(21-3)16(13)19/h4,6,8,12,14H,5,7,9-11,18H2,1-3H3. The molecule has 1 heterocycles. The summed E-state index contributed by atoms with van der Waals surface area (Å²) in [6.45, 7) is 5.40. The molecule has 0 aromatic heterocycles. The van der Waals surface area contributed by atoms with Crippen molar-refractivity contribution in [1.82, 2.24) is 0 Å². The zero-order valence-electron chi connectivity index (χ0n) is 13.3. The molecule has 1 aliphatic rings. The molecule has 0 fully saturated rings. The van der Waals surface area contributed by atoms with Crippen molar-refractivity contribution in [2.45, 2.75) is 33.1 Å². The van der Waals surface area contributed by atoms with Crippen molar-refractivity contribution in [3.05, 3.63) is 23.8 Å². The number of ether oxygens (including phenoxy) is 1. The minimum atomic E-state index is -0.110. The summed E-state index contributed by atoms with van der Waals surface area (Å²) < 4.78 is 5.46. The van der Waals surface area contributed by atoms with Crippen LogP contribution in [0.25, 0.3) is 0 Å². The lowest BCUT2D eigenvalue weighted by molar-refractivity contribution is -0.122. The number of carbonyl (C=O) groups excluding carboxylic acids is 1. The van der Waals surface area contributed by atoms with Crippen molar-refractivity contribution in [2.75, 3.05) is 25.1 Å². The van der Waals surface area contributed by atoms with E-state index in [0.29, 0.717) is 12.5 Å². The van der Waals surface area contributed by atoms with Crippen LogP contribution >= 0.6 is 0 Å². The topological polar surface area (TPSA) is 55.6 Å². The molecular formula is C17H26N2O2. The van der Waals surface area contributed by atoms with Gasteiger partial charge in [-0.05, 0) is 36.8 Å². The van der Waals surface area contributed by atoms with E-state index in [1.807, 2.05) is 17.0 Å². The van der Waals surface area contributed by atoms with Crippen LogP contribution < -0.4 is 15.4 Å². The molecular weight excluding hydrogens is 264 g/mol. The maximum absolute atomic E-state index is 12.9. The van der Waals surface area contributed by atoms with E-state index in [9.17, 15) is 4.79 Å². The number of nitrogens with two attached hydrogens (primary N) is 1. The average molecular weight is 290 g/mol. The van der Waals surface area contributed by atoms with Gasteiger partial charge in [0, 0.05) is 13.1 Å². The summed E-state index contributed by atoms with van der Waals surface area (Å²) in [5.41, 5.74) is 7.97. The number of nitrogens with zero attached hydrogens (tertiary/aromatic N) is 1. The first-order chi connectivity index (χ1) is 10.1. The summed E-state index contributed by atoms with van der Waals surface area (Å²) in [5.74, 6) is 1.27. The van der Waals surface area contributed by atoms with Gasteiger partial charge in [-0.1, -0.05) is 26.0 Å². The highest BCUT2D eigenvalue weighted by Gasteiger charge is 2.30. The molecule has 1 unspecified atom stereocenters. The van der Waals surface area contributed by atoms with Crippen LogP contribution in [0.5, 0.6) is 5.75 Å². The fourth-order valence-corrected chi connectivity index (χ4v) is 3.09. The van der Waals surface area contributed by atoms with Gasteiger partial charge in [0.1, 0.15) is 5.75 Å². The van der Waals surface area contributed by atoms with E-state index < -0.39 is 0 Å². The predicted molar refractivity (Wildman–Crippen MR) is 85.7 cm³/mol. The maximum Gasteiger partial charge on any atom is 0.231 e. The molecule has 1 aliphatic heterocycles. The monoisotopic (exact) mass is 290 g/mol. The van der Waals surface area contributed by atoms with E-state index in [-0.39, 0.29) is 11.8 Å². The molecule has 0 bridgehead atoms. The van der Waals surface area contributed by atoms with Crippen LogP contribution in [0, 0.1) is 11.8 Å². The van der Waals surface area contributed by atoms with Crippen LogP contribution in [-0.2, 0) is 11.2 Å². The highest BCUT2D eigenvalue weighted by Crippen LogP contribution is 2.37. The minimum Gasteiger partial charge on any atom is -0.495 e. The molecule has 1 amide bonds. The molecule has 0 saturated heterocycles. The number of benzene rings is 1. The van der Waals surface area contributed by atoms with Gasteiger partial charge in [-0.15, -0.1) is 0 Å². The first kappa shape index (κ1) is 15.8. The third-order valence-corrected chi connectivity index (χ3v) is 4.06. The number of rotatable bonds is 5. The van der Waals surface area contributed by atoms with Crippen LogP contribution in [0.4, 0.5) is 5.69 Å². The third-order valence-electron chi connectivity index (χ3n) is 4.06. The SMILES string of the molecule is COc1cccc2c1N(C(=O)C(CN)CC(C)C)CCC2. The van der Waals surface area contributed by atoms with Gasteiger partial charge in [-0.25, -0.2) is 0 Å². The largest absolute Gasteiger partial charge is 0.495 e. The number of aryl methyl sites for hydroxylation is 1. The van der Waals surface area contributed by atoms with Gasteiger partial charge in [0.25, 0.3) is 0 Å². The Balaban J connectivity index is 2.32. The number of carbonyl (C=O) groups is 1. The lowest BCUT2D eigenvalue weighted by Gasteiger charge is -2.33. The molecule has 4 nitrogen and oxygen atoms in total. The Morgan fingerprint density at radius 2 is 2.19 bits per heavy atom. The van der Waals surface area contributed by atoms with Crippen molar-refractivity contribution in [2.24, 2.45) is 17.6 Å². The summed E-state index contributed by atoms with van der Waals surface area (Å²) >= 11 is 0. The summed E-state index contributed by atoms with van der Waals surface area (Å²) in [4.78, 5) is 14.8. The van der Waals surface area contributed by atoms with Gasteiger partial charge in [0.15, 0.2) is 0 Å². The summed E-state index contributed by atoms with van der Waals surface area (Å²) in [6, 6.07) is 5.99. The van der Waals surface area contributed by atoms with Crippen molar-refractivity contribution in [3.63, 3.8) is 0 Å². The van der Waals surface area contributed by atoms with Crippen LogP contribution in [0.2, 0.25) is 0 Å². The fourth-order valence-electron chi connectivity index (χ4n) is 3.09. The molecule has 0 spiro atoms. The molecule has 21 heavy (non-hydrogen) atoms. The molecule has 0 aliphatic carbocycles. The quantitative estimate of drug-likeness (QED) is 0.907. The van der Waals surface area contributed by atoms with Gasteiger partial charge < -0.3 is 15.4 Å². The van der Waals surface area contributed by atoms with Crippen molar-refractivity contribution in [1.29, 1.82) is 0 Å². The molecule has 4 heteroatoms. The van der Waals surface area contributed by atoms with E-state index in [1.165, 1.54) is 5.56 Å². The number of fused-ring (bicyclic) bond motifs is 1. The number of hydrogen-bond donors (Lipinski definition) is 1. The third kappa shape index (κ3) is 3.38. The van der Waals surface area contributed by atoms with E-state index in [4.69, 9.17) is 10.5 Å². The van der Waals surface area contributed by atoms with Crippen molar-refractivity contribution < 1.29 is 9.53 Å². The van der Waals surface area contributed by atoms with Crippen LogP contribution in [0.1, 0.15) is 32.3 Å². The number of amides is 1. The first-order valence-corrected chi connectivity index (χ1v) is 7.75. The van der Waals surface area contributed by atoms with E-state index in [0.717, 1.165) is 37.2 Å². The Kier molecular flexibility index (Phi) is 5.23. The van der Waals surface area contributed by atoms with Crippen LogP contribution in [-0.4, -0.2) is 26.1 Å². The lowest BCUT2D eigenvalue weighted by atomic mass is 9.93. The molecule has 1 aromatic rings. The van der Waals surface area contributed by atoms with E-state index in [1.54, 1.807) is 7.11 Å². The number of methoxy groups -OCH3 is 1. The zero-order chi connectivity index (χ0) is 15.4. The average Bonchev–Trinajstić information content (AvgIpc) is 2.50. The Hall–Kier alpha value is -1.55. The van der Waals surface area contributed by atoms with Gasteiger partial charge in [0.2, 0.25) is 5.91 Å². The fraction of sp³-hybridized carbons (Fsp3) is 0.588. The smallest absolute Gasteiger partial charge is 0.231 e. The highest BCUT2D eigenvalue weighted by atomic mass is 16.5. The first-order valence-electron chi connectivity index (χ1n) is 7.75. The molecule has 2 N–H and O–H groups in total. The Labute approximate surface area is 127 Å². The molecule has 0 radical (unpaired) electrons. The highest BCUT2D eigenvalue weighted by molar-refractivity contribution is 5.97. The van der Waals surface area contributed by atoms with Gasteiger partial charge in [-0.2, -0.15) is 0 Å². The molecule has 116 valence electrons. The summed E-state index contributed by atoms with van der Waals surface area (Å²) in [7, 11) is 1.65. The normalized spacial score (nSPS) is 15.8. The summed E-state index contributed by atoms with van der Waals surface area (Å²) in [6.07, 6.45) is 2.81. The molecule has 1 atom stereocenters. The van der Waals surface area contributed by atoms with Crippen LogP contribution in [0.3, 0.4) is 0 Å². The second-order valence-electron chi connectivity index (χ2n) is 6.12. The number of para-hydroxylation sites is 1. The van der Waals surface area contributed by atoms with Gasteiger partial charge in [0.05, 0.1) is 18.7 Å². The molecule has 1 aromatic carbocycles. The minimum absolute atomic E-state index is 0.110. The zero-order valence-corrected chi connectivity index (χ0v) is 13.3. The lowest BCUT2D eigenvalue weighted by Crippen LogP contribution is -2.42. The molecule has 0 saturated carbocycles. The maximum atomic E-state index is 12.9. The number of hydrogen-bond acceptors (Lipinski definition) is 3. The predicted octanol–water partition coefficient (Wildman–Crippen LogP) is 2.60. The van der Waals surface area contributed by atoms with E-state index >= 15 is 0 Å².